The summed E-state index contributed by atoms with van der Waals surface area (Å²) < 4.78 is 5.54. The third kappa shape index (κ3) is 4.16. The molecule has 6 nitrogen and oxygen atoms in total. The molecule has 6 heteroatoms. The summed E-state index contributed by atoms with van der Waals surface area (Å²) in [6.45, 7) is 0.223. The van der Waals surface area contributed by atoms with Gasteiger partial charge in [0, 0.05) is 6.54 Å². The standard InChI is InChI=1S/C19H20N2O4/c22-12-14-6-8-16(9-7-14)25-13-19(24)21-11-18(23)20-10-17(21)15-4-2-1-3-5-15/h1-9,17,22H,10-13H2,(H,20,23). The molecule has 1 heterocycles. The molecule has 1 aliphatic heterocycles. The molecule has 2 amide bonds. The maximum Gasteiger partial charge on any atom is 0.261 e. The van der Waals surface area contributed by atoms with Crippen molar-refractivity contribution >= 4 is 11.8 Å². The average molecular weight is 340 g/mol. The van der Waals surface area contributed by atoms with Crippen molar-refractivity contribution in [3.05, 3.63) is 65.7 Å². The first-order valence-corrected chi connectivity index (χ1v) is 8.11. The highest BCUT2D eigenvalue weighted by atomic mass is 16.5. The summed E-state index contributed by atoms with van der Waals surface area (Å²) in [5.41, 5.74) is 1.75. The molecule has 0 radical (unpaired) electrons. The molecule has 0 aromatic heterocycles. The van der Waals surface area contributed by atoms with Gasteiger partial charge in [0.1, 0.15) is 12.3 Å². The molecule has 25 heavy (non-hydrogen) atoms. The third-order valence-corrected chi connectivity index (χ3v) is 4.16. The summed E-state index contributed by atoms with van der Waals surface area (Å²) in [6, 6.07) is 16.3. The van der Waals surface area contributed by atoms with E-state index in [1.54, 1.807) is 29.2 Å². The summed E-state index contributed by atoms with van der Waals surface area (Å²) in [7, 11) is 0. The molecule has 0 aliphatic carbocycles. The van der Waals surface area contributed by atoms with Crippen LogP contribution in [0.2, 0.25) is 0 Å². The maximum absolute atomic E-state index is 12.6. The Morgan fingerprint density at radius 3 is 2.56 bits per heavy atom. The molecule has 0 spiro atoms. The lowest BCUT2D eigenvalue weighted by Crippen LogP contribution is -2.53. The third-order valence-electron chi connectivity index (χ3n) is 4.16. The summed E-state index contributed by atoms with van der Waals surface area (Å²) in [4.78, 5) is 25.9. The van der Waals surface area contributed by atoms with Crippen molar-refractivity contribution in [3.63, 3.8) is 0 Å². The van der Waals surface area contributed by atoms with Gasteiger partial charge < -0.3 is 20.1 Å². The fraction of sp³-hybridized carbons (Fsp3) is 0.263. The van der Waals surface area contributed by atoms with E-state index in [0.717, 1.165) is 11.1 Å². The number of carbonyl (C=O) groups excluding carboxylic acids is 2. The molecule has 0 saturated carbocycles. The van der Waals surface area contributed by atoms with Gasteiger partial charge in [0.15, 0.2) is 6.61 Å². The van der Waals surface area contributed by atoms with E-state index in [4.69, 9.17) is 9.84 Å². The molecular formula is C19H20N2O4. The lowest BCUT2D eigenvalue weighted by atomic mass is 10.0. The van der Waals surface area contributed by atoms with E-state index in [2.05, 4.69) is 5.32 Å². The normalized spacial score (nSPS) is 17.1. The smallest absolute Gasteiger partial charge is 0.261 e. The zero-order valence-electron chi connectivity index (χ0n) is 13.7. The number of hydrogen-bond donors (Lipinski definition) is 2. The maximum atomic E-state index is 12.6. The van der Waals surface area contributed by atoms with E-state index >= 15 is 0 Å². The second-order valence-electron chi connectivity index (χ2n) is 5.84. The molecule has 1 atom stereocenters. The van der Waals surface area contributed by atoms with Gasteiger partial charge in [0.25, 0.3) is 5.91 Å². The van der Waals surface area contributed by atoms with Crippen LogP contribution in [0.15, 0.2) is 54.6 Å². The number of amides is 2. The van der Waals surface area contributed by atoms with E-state index in [1.807, 2.05) is 30.3 Å². The van der Waals surface area contributed by atoms with Gasteiger partial charge in [-0.1, -0.05) is 42.5 Å². The summed E-state index contributed by atoms with van der Waals surface area (Å²) in [6.07, 6.45) is 0. The van der Waals surface area contributed by atoms with E-state index in [1.165, 1.54) is 0 Å². The molecule has 1 fully saturated rings. The van der Waals surface area contributed by atoms with Gasteiger partial charge in [-0.3, -0.25) is 9.59 Å². The van der Waals surface area contributed by atoms with E-state index < -0.39 is 0 Å². The van der Waals surface area contributed by atoms with Crippen molar-refractivity contribution in [1.29, 1.82) is 0 Å². The molecule has 1 unspecified atom stereocenters. The average Bonchev–Trinajstić information content (AvgIpc) is 2.67. The van der Waals surface area contributed by atoms with Crippen LogP contribution in [0.1, 0.15) is 17.2 Å². The minimum Gasteiger partial charge on any atom is -0.484 e. The predicted octanol–water partition coefficient (Wildman–Crippen LogP) is 1.26. The van der Waals surface area contributed by atoms with E-state index in [-0.39, 0.29) is 37.6 Å². The largest absolute Gasteiger partial charge is 0.484 e. The molecule has 1 aliphatic rings. The SMILES string of the molecule is O=C1CN(C(=O)COc2ccc(CO)cc2)C(c2ccccc2)CN1. The predicted molar refractivity (Wildman–Crippen MR) is 91.8 cm³/mol. The molecule has 1 saturated heterocycles. The van der Waals surface area contributed by atoms with Crippen LogP contribution in [0, 0.1) is 0 Å². The van der Waals surface area contributed by atoms with Crippen molar-refractivity contribution in [2.75, 3.05) is 19.7 Å². The molecule has 2 N–H and O–H groups in total. The zero-order chi connectivity index (χ0) is 17.6. The monoisotopic (exact) mass is 340 g/mol. The zero-order valence-corrected chi connectivity index (χ0v) is 13.7. The second kappa shape index (κ2) is 7.81. The number of piperazine rings is 1. The van der Waals surface area contributed by atoms with Crippen molar-refractivity contribution < 1.29 is 19.4 Å². The van der Waals surface area contributed by atoms with Gasteiger partial charge in [-0.25, -0.2) is 0 Å². The van der Waals surface area contributed by atoms with E-state index in [9.17, 15) is 9.59 Å². The van der Waals surface area contributed by atoms with Crippen LogP contribution in [0.4, 0.5) is 0 Å². The fourth-order valence-electron chi connectivity index (χ4n) is 2.80. The topological polar surface area (TPSA) is 78.9 Å². The summed E-state index contributed by atoms with van der Waals surface area (Å²) >= 11 is 0. The number of rotatable bonds is 5. The summed E-state index contributed by atoms with van der Waals surface area (Å²) in [5.74, 6) is 0.131. The first-order chi connectivity index (χ1) is 12.2. The molecule has 130 valence electrons. The van der Waals surface area contributed by atoms with Gasteiger partial charge >= 0.3 is 0 Å². The van der Waals surface area contributed by atoms with Crippen LogP contribution < -0.4 is 10.1 Å². The van der Waals surface area contributed by atoms with Gasteiger partial charge in [-0.2, -0.15) is 0 Å². The van der Waals surface area contributed by atoms with Crippen LogP contribution >= 0.6 is 0 Å². The van der Waals surface area contributed by atoms with Crippen molar-refractivity contribution in [2.45, 2.75) is 12.6 Å². The number of nitrogens with zero attached hydrogens (tertiary/aromatic N) is 1. The van der Waals surface area contributed by atoms with Crippen molar-refractivity contribution in [2.24, 2.45) is 0 Å². The lowest BCUT2D eigenvalue weighted by molar-refractivity contribution is -0.143. The Balaban J connectivity index is 1.67. The quantitative estimate of drug-likeness (QED) is 0.859. The molecule has 3 rings (SSSR count). The van der Waals surface area contributed by atoms with E-state index in [0.29, 0.717) is 12.3 Å². The highest BCUT2D eigenvalue weighted by Gasteiger charge is 2.31. The fourth-order valence-corrected chi connectivity index (χ4v) is 2.80. The molecular weight excluding hydrogens is 320 g/mol. The van der Waals surface area contributed by atoms with Gasteiger partial charge in [-0.05, 0) is 23.3 Å². The van der Waals surface area contributed by atoms with Crippen molar-refractivity contribution in [3.8, 4) is 5.75 Å². The Labute approximate surface area is 146 Å². The van der Waals surface area contributed by atoms with Gasteiger partial charge in [0.2, 0.25) is 5.91 Å². The van der Waals surface area contributed by atoms with Crippen LogP contribution in [-0.2, 0) is 16.2 Å². The van der Waals surface area contributed by atoms with Crippen LogP contribution in [0.5, 0.6) is 5.75 Å². The molecule has 2 aromatic carbocycles. The lowest BCUT2D eigenvalue weighted by Gasteiger charge is -2.35. The number of carbonyl (C=O) groups is 2. The Bertz CT molecular complexity index is 731. The summed E-state index contributed by atoms with van der Waals surface area (Å²) in [5, 5.41) is 11.8. The highest BCUT2D eigenvalue weighted by molar-refractivity contribution is 5.87. The second-order valence-corrected chi connectivity index (χ2v) is 5.84. The Kier molecular flexibility index (Phi) is 5.30. The minimum absolute atomic E-state index is 0.0191. The first-order valence-electron chi connectivity index (χ1n) is 8.11. The molecule has 2 aromatic rings. The first kappa shape index (κ1) is 17.0. The van der Waals surface area contributed by atoms with Crippen LogP contribution in [-0.4, -0.2) is 41.5 Å². The number of hydrogen-bond acceptors (Lipinski definition) is 4. The minimum atomic E-state index is -0.241. The Morgan fingerprint density at radius 1 is 1.16 bits per heavy atom. The number of aliphatic hydroxyl groups excluding tert-OH is 1. The van der Waals surface area contributed by atoms with Crippen LogP contribution in [0.3, 0.4) is 0 Å². The van der Waals surface area contributed by atoms with Crippen molar-refractivity contribution in [1.82, 2.24) is 10.2 Å². The number of nitrogens with one attached hydrogen (secondary N) is 1. The van der Waals surface area contributed by atoms with Gasteiger partial charge in [0.05, 0.1) is 12.6 Å². The molecule has 0 bridgehead atoms. The highest BCUT2D eigenvalue weighted by Crippen LogP contribution is 2.22. The Morgan fingerprint density at radius 2 is 1.88 bits per heavy atom. The Hall–Kier alpha value is -2.86. The number of ether oxygens (including phenoxy) is 1. The number of benzene rings is 2. The number of aliphatic hydroxyl groups is 1. The van der Waals surface area contributed by atoms with Gasteiger partial charge in [-0.15, -0.1) is 0 Å². The van der Waals surface area contributed by atoms with Crippen LogP contribution in [0.25, 0.3) is 0 Å².